The third-order valence-corrected chi connectivity index (χ3v) is 4.81. The highest BCUT2D eigenvalue weighted by molar-refractivity contribution is 6.09. The normalized spacial score (nSPS) is 15.3. The molecule has 0 saturated heterocycles. The maximum Gasteiger partial charge on any atom is 0.254 e. The van der Waals surface area contributed by atoms with Crippen LogP contribution in [0.3, 0.4) is 0 Å². The Hall–Kier alpha value is -4.21. The number of nitrogens with one attached hydrogen (secondary N) is 4. The van der Waals surface area contributed by atoms with Crippen LogP contribution < -0.4 is 20.7 Å². The van der Waals surface area contributed by atoms with Gasteiger partial charge in [0.15, 0.2) is 5.82 Å². The van der Waals surface area contributed by atoms with Crippen molar-refractivity contribution in [1.82, 2.24) is 20.5 Å². The van der Waals surface area contributed by atoms with Crippen LogP contribution in [0.4, 0.5) is 11.6 Å². The second-order valence-corrected chi connectivity index (χ2v) is 6.88. The van der Waals surface area contributed by atoms with E-state index in [2.05, 4.69) is 31.1 Å². The van der Waals surface area contributed by atoms with Crippen LogP contribution in [-0.2, 0) is 9.59 Å². The molecule has 0 radical (unpaired) electrons. The number of hydrogen-bond acceptors (Lipinski definition) is 6. The van der Waals surface area contributed by atoms with Crippen molar-refractivity contribution in [2.45, 2.75) is 18.9 Å². The first-order valence-corrected chi connectivity index (χ1v) is 9.61. The summed E-state index contributed by atoms with van der Waals surface area (Å²) in [6.45, 7) is 0. The van der Waals surface area contributed by atoms with Gasteiger partial charge in [0.1, 0.15) is 11.8 Å². The molecular weight excluding hydrogens is 400 g/mol. The van der Waals surface area contributed by atoms with E-state index >= 15 is 0 Å². The molecule has 10 nitrogen and oxygen atoms in total. The van der Waals surface area contributed by atoms with Gasteiger partial charge < -0.3 is 15.4 Å². The van der Waals surface area contributed by atoms with Gasteiger partial charge in [-0.2, -0.15) is 4.98 Å². The van der Waals surface area contributed by atoms with E-state index in [-0.39, 0.29) is 36.5 Å². The first-order chi connectivity index (χ1) is 15.0. The predicted molar refractivity (Wildman–Crippen MR) is 113 cm³/mol. The predicted octanol–water partition coefficient (Wildman–Crippen LogP) is 1.95. The molecule has 31 heavy (non-hydrogen) atoms. The zero-order valence-electron chi connectivity index (χ0n) is 16.6. The van der Waals surface area contributed by atoms with Crippen molar-refractivity contribution < 1.29 is 19.1 Å². The molecule has 0 fully saturated rings. The minimum atomic E-state index is -0.826. The number of carbonyl (C=O) groups is 3. The lowest BCUT2D eigenvalue weighted by atomic mass is 10.1. The van der Waals surface area contributed by atoms with E-state index in [4.69, 9.17) is 4.74 Å². The molecule has 2 heterocycles. The molecule has 1 aliphatic heterocycles. The number of carbonyl (C=O) groups excluding carboxylic acids is 3. The van der Waals surface area contributed by atoms with Crippen molar-refractivity contribution in [3.63, 3.8) is 0 Å². The molecule has 2 aromatic carbocycles. The van der Waals surface area contributed by atoms with E-state index in [1.807, 2.05) is 12.1 Å². The largest absolute Gasteiger partial charge is 0.497 e. The molecule has 1 atom stereocenters. The topological polar surface area (TPSA) is 138 Å². The number of fused-ring (bicyclic) bond motifs is 1. The highest BCUT2D eigenvalue weighted by atomic mass is 16.5. The highest BCUT2D eigenvalue weighted by Gasteiger charge is 2.28. The van der Waals surface area contributed by atoms with Crippen molar-refractivity contribution in [2.75, 3.05) is 17.7 Å². The maximum absolute atomic E-state index is 12.4. The molecule has 0 unspecified atom stereocenters. The number of rotatable bonds is 6. The SMILES string of the molecule is COc1ccc(-c2nc(NC(=O)CC[C@@H]3NC(=O)c4ccccc4NC3=O)n[nH]2)cc1. The smallest absolute Gasteiger partial charge is 0.254 e. The number of para-hydroxylation sites is 1. The van der Waals surface area contributed by atoms with E-state index in [9.17, 15) is 14.4 Å². The minimum absolute atomic E-state index is 0.00111. The fourth-order valence-electron chi connectivity index (χ4n) is 3.17. The van der Waals surface area contributed by atoms with Gasteiger partial charge in [0.25, 0.3) is 5.91 Å². The van der Waals surface area contributed by atoms with Crippen LogP contribution in [0, 0.1) is 0 Å². The van der Waals surface area contributed by atoms with Gasteiger partial charge in [-0.15, -0.1) is 5.10 Å². The summed E-state index contributed by atoms with van der Waals surface area (Å²) in [7, 11) is 1.58. The molecule has 4 rings (SSSR count). The molecule has 3 amide bonds. The van der Waals surface area contributed by atoms with Crippen molar-refractivity contribution >= 4 is 29.4 Å². The molecule has 0 bridgehead atoms. The number of H-pyrrole nitrogens is 1. The van der Waals surface area contributed by atoms with Crippen LogP contribution in [0.15, 0.2) is 48.5 Å². The number of anilines is 2. The summed E-state index contributed by atoms with van der Waals surface area (Å²) in [5.41, 5.74) is 1.62. The van der Waals surface area contributed by atoms with E-state index in [1.54, 1.807) is 43.5 Å². The quantitative estimate of drug-likeness (QED) is 0.481. The Morgan fingerprint density at radius 2 is 1.90 bits per heavy atom. The van der Waals surface area contributed by atoms with Crippen LogP contribution in [0.2, 0.25) is 0 Å². The molecule has 0 aliphatic carbocycles. The Kier molecular flexibility index (Phi) is 5.61. The molecule has 0 spiro atoms. The van der Waals surface area contributed by atoms with Crippen LogP contribution in [0.5, 0.6) is 5.75 Å². The number of aromatic amines is 1. The fraction of sp³-hybridized carbons (Fsp3) is 0.190. The van der Waals surface area contributed by atoms with E-state index in [0.717, 1.165) is 11.3 Å². The lowest BCUT2D eigenvalue weighted by Gasteiger charge is -2.13. The van der Waals surface area contributed by atoms with Gasteiger partial charge in [-0.05, 0) is 42.8 Å². The number of aromatic nitrogens is 3. The third-order valence-electron chi connectivity index (χ3n) is 4.81. The van der Waals surface area contributed by atoms with Crippen LogP contribution in [0.25, 0.3) is 11.4 Å². The Balaban J connectivity index is 1.34. The zero-order chi connectivity index (χ0) is 21.8. The Labute approximate surface area is 177 Å². The standard InChI is InChI=1S/C21H20N6O4/c1-31-13-8-6-12(7-9-13)18-25-21(27-26-18)24-17(28)11-10-16-20(30)22-15-5-3-2-4-14(15)19(29)23-16/h2-9,16H,10-11H2,1H3,(H,22,30)(H,23,29)(H2,24,25,26,27,28)/t16-/m0/s1. The molecule has 1 aromatic heterocycles. The van der Waals surface area contributed by atoms with Gasteiger partial charge in [0, 0.05) is 12.0 Å². The monoisotopic (exact) mass is 420 g/mol. The van der Waals surface area contributed by atoms with Crippen LogP contribution >= 0.6 is 0 Å². The Bertz CT molecular complexity index is 1120. The zero-order valence-corrected chi connectivity index (χ0v) is 16.6. The minimum Gasteiger partial charge on any atom is -0.497 e. The average molecular weight is 420 g/mol. The number of ether oxygens (including phenoxy) is 1. The maximum atomic E-state index is 12.4. The second kappa shape index (κ2) is 8.66. The summed E-state index contributed by atoms with van der Waals surface area (Å²) in [5.74, 6) is 0.227. The van der Waals surface area contributed by atoms with Crippen molar-refractivity contribution in [2.24, 2.45) is 0 Å². The van der Waals surface area contributed by atoms with E-state index < -0.39 is 6.04 Å². The first kappa shape index (κ1) is 20.1. The summed E-state index contributed by atoms with van der Waals surface area (Å²) >= 11 is 0. The number of amides is 3. The van der Waals surface area contributed by atoms with E-state index in [1.165, 1.54) is 0 Å². The molecule has 4 N–H and O–H groups in total. The number of methoxy groups -OCH3 is 1. The number of benzene rings is 2. The fourth-order valence-corrected chi connectivity index (χ4v) is 3.17. The molecule has 158 valence electrons. The van der Waals surface area contributed by atoms with Crippen LogP contribution in [-0.4, -0.2) is 46.1 Å². The summed E-state index contributed by atoms with van der Waals surface area (Å²) < 4.78 is 5.12. The first-order valence-electron chi connectivity index (χ1n) is 9.61. The van der Waals surface area contributed by atoms with Crippen LogP contribution in [0.1, 0.15) is 23.2 Å². The summed E-state index contributed by atoms with van der Waals surface area (Å²) in [6, 6.07) is 13.1. The molecule has 10 heteroatoms. The van der Waals surface area contributed by atoms with Gasteiger partial charge in [0.05, 0.1) is 18.4 Å². The number of nitrogens with zero attached hydrogens (tertiary/aromatic N) is 2. The van der Waals surface area contributed by atoms with Crippen molar-refractivity contribution in [3.8, 4) is 17.1 Å². The summed E-state index contributed by atoms with van der Waals surface area (Å²) in [6.07, 6.45) is 0.133. The lowest BCUT2D eigenvalue weighted by Crippen LogP contribution is -2.41. The molecule has 1 aliphatic rings. The van der Waals surface area contributed by atoms with Crippen molar-refractivity contribution in [1.29, 1.82) is 0 Å². The van der Waals surface area contributed by atoms with Gasteiger partial charge >= 0.3 is 0 Å². The molecule has 3 aromatic rings. The lowest BCUT2D eigenvalue weighted by molar-refractivity contribution is -0.118. The Morgan fingerprint density at radius 3 is 2.68 bits per heavy atom. The van der Waals surface area contributed by atoms with Crippen molar-refractivity contribution in [3.05, 3.63) is 54.1 Å². The highest BCUT2D eigenvalue weighted by Crippen LogP contribution is 2.21. The molecule has 0 saturated carbocycles. The second-order valence-electron chi connectivity index (χ2n) is 6.88. The van der Waals surface area contributed by atoms with E-state index in [0.29, 0.717) is 17.1 Å². The van der Waals surface area contributed by atoms with Gasteiger partial charge in [-0.3, -0.25) is 24.8 Å². The average Bonchev–Trinajstić information content (AvgIpc) is 3.20. The Morgan fingerprint density at radius 1 is 1.13 bits per heavy atom. The number of hydrogen-bond donors (Lipinski definition) is 4. The summed E-state index contributed by atoms with van der Waals surface area (Å²) in [4.78, 5) is 41.3. The van der Waals surface area contributed by atoms with Gasteiger partial charge in [-0.25, -0.2) is 0 Å². The third kappa shape index (κ3) is 4.53. The molecular formula is C21H20N6O4. The van der Waals surface area contributed by atoms with Gasteiger partial charge in [-0.1, -0.05) is 12.1 Å². The van der Waals surface area contributed by atoms with Gasteiger partial charge in [0.2, 0.25) is 17.8 Å². The summed E-state index contributed by atoms with van der Waals surface area (Å²) in [5, 5.41) is 14.7.